The fourth-order valence-corrected chi connectivity index (χ4v) is 2.25. The molecule has 8 nitrogen and oxygen atoms in total. The quantitative estimate of drug-likeness (QED) is 0.582. The average Bonchev–Trinajstić information content (AvgIpc) is 2.65. The van der Waals surface area contributed by atoms with Crippen LogP contribution in [0.1, 0.15) is 32.2 Å². The summed E-state index contributed by atoms with van der Waals surface area (Å²) in [5, 5.41) is 2.75. The van der Waals surface area contributed by atoms with Gasteiger partial charge in [0, 0.05) is 17.6 Å². The molecule has 0 aliphatic rings. The second kappa shape index (κ2) is 8.19. The van der Waals surface area contributed by atoms with E-state index in [0.29, 0.717) is 5.69 Å². The van der Waals surface area contributed by atoms with Gasteiger partial charge >= 0.3 is 6.18 Å². The molecule has 0 amide bonds. The Labute approximate surface area is 170 Å². The minimum Gasteiger partial charge on any atom is -0.324 e. The van der Waals surface area contributed by atoms with Gasteiger partial charge in [0.25, 0.3) is 5.95 Å². The zero-order chi connectivity index (χ0) is 21.9. The molecule has 0 aliphatic carbocycles. The second-order valence-corrected chi connectivity index (χ2v) is 7.34. The standard InChI is InChI=1S/C19H20F3N7O/c1-11-6-5-7-13(24-11)15-26-16(28-17(27-15)29-30-18(2,3)4)25-12-8-9-23-14(10-12)19(20,21)22/h5-10H,1-4H3,(H2,23,25,26,27,28,29). The van der Waals surface area contributed by atoms with Gasteiger partial charge in [0.2, 0.25) is 5.95 Å². The molecule has 0 fully saturated rings. The number of hydrogen-bond acceptors (Lipinski definition) is 8. The van der Waals surface area contributed by atoms with Crippen molar-refractivity contribution in [2.24, 2.45) is 0 Å². The third-order valence-electron chi connectivity index (χ3n) is 3.51. The van der Waals surface area contributed by atoms with E-state index in [4.69, 9.17) is 4.84 Å². The first-order valence-electron chi connectivity index (χ1n) is 8.94. The van der Waals surface area contributed by atoms with E-state index in [2.05, 4.69) is 35.7 Å². The van der Waals surface area contributed by atoms with Gasteiger partial charge in [-0.2, -0.15) is 28.1 Å². The number of anilines is 3. The van der Waals surface area contributed by atoms with E-state index in [-0.39, 0.29) is 23.4 Å². The topological polar surface area (TPSA) is 97.7 Å². The molecular formula is C19H20F3N7O. The molecule has 158 valence electrons. The van der Waals surface area contributed by atoms with E-state index in [1.807, 2.05) is 33.8 Å². The molecule has 2 N–H and O–H groups in total. The van der Waals surface area contributed by atoms with Crippen molar-refractivity contribution in [3.8, 4) is 11.5 Å². The number of pyridine rings is 2. The Bertz CT molecular complexity index is 1040. The highest BCUT2D eigenvalue weighted by atomic mass is 19.4. The second-order valence-electron chi connectivity index (χ2n) is 7.34. The van der Waals surface area contributed by atoms with Gasteiger partial charge in [-0.15, -0.1) is 0 Å². The third-order valence-corrected chi connectivity index (χ3v) is 3.51. The van der Waals surface area contributed by atoms with E-state index in [1.165, 1.54) is 6.07 Å². The van der Waals surface area contributed by atoms with Crippen molar-refractivity contribution in [2.75, 3.05) is 10.8 Å². The predicted octanol–water partition coefficient (Wildman–Crippen LogP) is 4.54. The van der Waals surface area contributed by atoms with Crippen LogP contribution in [-0.2, 0) is 11.0 Å². The van der Waals surface area contributed by atoms with Crippen LogP contribution in [0.4, 0.5) is 30.8 Å². The minimum atomic E-state index is -4.57. The summed E-state index contributed by atoms with van der Waals surface area (Å²) >= 11 is 0. The lowest BCUT2D eigenvalue weighted by Crippen LogP contribution is -2.24. The van der Waals surface area contributed by atoms with Gasteiger partial charge in [0.05, 0.1) is 5.60 Å². The molecule has 0 spiro atoms. The molecule has 0 bridgehead atoms. The van der Waals surface area contributed by atoms with Gasteiger partial charge in [0.15, 0.2) is 5.82 Å². The molecule has 0 unspecified atom stereocenters. The number of hydrogen-bond donors (Lipinski definition) is 2. The molecule has 0 aromatic carbocycles. The molecule has 3 heterocycles. The predicted molar refractivity (Wildman–Crippen MR) is 105 cm³/mol. The zero-order valence-corrected chi connectivity index (χ0v) is 16.7. The van der Waals surface area contributed by atoms with E-state index in [1.54, 1.807) is 12.1 Å². The summed E-state index contributed by atoms with van der Waals surface area (Å²) in [5.74, 6) is 0.315. The van der Waals surface area contributed by atoms with Crippen molar-refractivity contribution in [1.82, 2.24) is 24.9 Å². The van der Waals surface area contributed by atoms with Crippen LogP contribution >= 0.6 is 0 Å². The molecule has 3 aromatic rings. The Morgan fingerprint density at radius 3 is 2.33 bits per heavy atom. The van der Waals surface area contributed by atoms with Crippen molar-refractivity contribution in [3.05, 3.63) is 47.9 Å². The lowest BCUT2D eigenvalue weighted by atomic mass is 10.2. The number of aromatic nitrogens is 5. The van der Waals surface area contributed by atoms with Crippen LogP contribution in [0.25, 0.3) is 11.5 Å². The number of rotatable bonds is 5. The van der Waals surface area contributed by atoms with Gasteiger partial charge in [-0.25, -0.2) is 10.5 Å². The van der Waals surface area contributed by atoms with Crippen LogP contribution in [0.3, 0.4) is 0 Å². The Hall–Kier alpha value is -3.34. The van der Waals surface area contributed by atoms with Crippen molar-refractivity contribution in [2.45, 2.75) is 39.5 Å². The Morgan fingerprint density at radius 1 is 0.933 bits per heavy atom. The smallest absolute Gasteiger partial charge is 0.324 e. The van der Waals surface area contributed by atoms with Crippen LogP contribution in [0, 0.1) is 6.92 Å². The normalized spacial score (nSPS) is 12.0. The molecule has 0 atom stereocenters. The Kier molecular flexibility index (Phi) is 5.83. The molecule has 3 rings (SSSR count). The highest BCUT2D eigenvalue weighted by molar-refractivity contribution is 5.58. The number of nitrogens with zero attached hydrogens (tertiary/aromatic N) is 5. The Balaban J connectivity index is 1.97. The fourth-order valence-electron chi connectivity index (χ4n) is 2.25. The first kappa shape index (κ1) is 21.4. The zero-order valence-electron chi connectivity index (χ0n) is 16.7. The summed E-state index contributed by atoms with van der Waals surface area (Å²) in [7, 11) is 0. The van der Waals surface area contributed by atoms with Gasteiger partial charge in [-0.1, -0.05) is 6.07 Å². The van der Waals surface area contributed by atoms with Crippen molar-refractivity contribution < 1.29 is 18.0 Å². The minimum absolute atomic E-state index is 0.0163. The molecule has 0 saturated carbocycles. The van der Waals surface area contributed by atoms with E-state index < -0.39 is 17.5 Å². The molecule has 3 aromatic heterocycles. The van der Waals surface area contributed by atoms with E-state index in [9.17, 15) is 13.2 Å². The maximum absolute atomic E-state index is 12.9. The third kappa shape index (κ3) is 5.83. The van der Waals surface area contributed by atoms with Crippen molar-refractivity contribution in [3.63, 3.8) is 0 Å². The molecule has 11 heteroatoms. The SMILES string of the molecule is Cc1cccc(-c2nc(NOC(C)(C)C)nc(Nc3ccnc(C(F)(F)F)c3)n2)n1. The van der Waals surface area contributed by atoms with Crippen LogP contribution in [0.2, 0.25) is 0 Å². The van der Waals surface area contributed by atoms with Crippen molar-refractivity contribution in [1.29, 1.82) is 0 Å². The Morgan fingerprint density at radius 2 is 1.67 bits per heavy atom. The van der Waals surface area contributed by atoms with Gasteiger partial charge in [-0.05, 0) is 52.0 Å². The first-order valence-corrected chi connectivity index (χ1v) is 8.94. The summed E-state index contributed by atoms with van der Waals surface area (Å²) in [5.41, 5.74) is 2.44. The monoisotopic (exact) mass is 419 g/mol. The molecule has 0 radical (unpaired) electrons. The highest BCUT2D eigenvalue weighted by Gasteiger charge is 2.32. The van der Waals surface area contributed by atoms with Crippen LogP contribution in [0.5, 0.6) is 0 Å². The van der Waals surface area contributed by atoms with Gasteiger partial charge < -0.3 is 5.32 Å². The average molecular weight is 419 g/mol. The van der Waals surface area contributed by atoms with Crippen LogP contribution in [-0.4, -0.2) is 30.5 Å². The van der Waals surface area contributed by atoms with Crippen molar-refractivity contribution >= 4 is 17.6 Å². The fraction of sp³-hybridized carbons (Fsp3) is 0.316. The number of alkyl halides is 3. The molecule has 0 aliphatic heterocycles. The number of nitrogens with one attached hydrogen (secondary N) is 2. The van der Waals surface area contributed by atoms with Gasteiger partial charge in [-0.3, -0.25) is 9.82 Å². The summed E-state index contributed by atoms with van der Waals surface area (Å²) in [4.78, 5) is 26.0. The first-order chi connectivity index (χ1) is 14.0. The van der Waals surface area contributed by atoms with Crippen LogP contribution in [0.15, 0.2) is 36.5 Å². The van der Waals surface area contributed by atoms with Crippen LogP contribution < -0.4 is 10.8 Å². The molecule has 0 saturated heterocycles. The summed E-state index contributed by atoms with van der Waals surface area (Å²) in [6, 6.07) is 7.58. The number of aryl methyl sites for hydroxylation is 1. The highest BCUT2D eigenvalue weighted by Crippen LogP contribution is 2.29. The molecule has 30 heavy (non-hydrogen) atoms. The van der Waals surface area contributed by atoms with E-state index >= 15 is 0 Å². The summed E-state index contributed by atoms with van der Waals surface area (Å²) < 4.78 is 38.8. The maximum atomic E-state index is 12.9. The summed E-state index contributed by atoms with van der Waals surface area (Å²) in [6.45, 7) is 7.32. The lowest BCUT2D eigenvalue weighted by Gasteiger charge is -2.19. The largest absolute Gasteiger partial charge is 0.433 e. The summed E-state index contributed by atoms with van der Waals surface area (Å²) in [6.07, 6.45) is -3.52. The molecular weight excluding hydrogens is 399 g/mol. The maximum Gasteiger partial charge on any atom is 0.433 e. The van der Waals surface area contributed by atoms with Gasteiger partial charge in [0.1, 0.15) is 11.4 Å². The lowest BCUT2D eigenvalue weighted by molar-refractivity contribution is -0.141. The van der Waals surface area contributed by atoms with E-state index in [0.717, 1.165) is 18.0 Å². The number of halogens is 3.